The third-order valence-corrected chi connectivity index (χ3v) is 2.74. The lowest BCUT2D eigenvalue weighted by Gasteiger charge is -2.16. The van der Waals surface area contributed by atoms with Gasteiger partial charge in [0.1, 0.15) is 0 Å². The van der Waals surface area contributed by atoms with Crippen LogP contribution in [0.4, 0.5) is 3.89 Å². The van der Waals surface area contributed by atoms with Crippen molar-refractivity contribution in [2.75, 3.05) is 12.0 Å². The summed E-state index contributed by atoms with van der Waals surface area (Å²) < 4.78 is 12.5. The summed E-state index contributed by atoms with van der Waals surface area (Å²) in [4.78, 5) is 0. The molecule has 0 saturated carbocycles. The molecule has 7 heavy (non-hydrogen) atoms. The summed E-state index contributed by atoms with van der Waals surface area (Å²) in [6.07, 6.45) is 1.60. The van der Waals surface area contributed by atoms with E-state index in [1.807, 2.05) is 6.92 Å². The second-order valence-corrected chi connectivity index (χ2v) is 4.50. The Labute approximate surface area is 46.0 Å². The van der Waals surface area contributed by atoms with Crippen molar-refractivity contribution >= 4 is 10.4 Å². The first-order valence-corrected chi connectivity index (χ1v) is 4.38. The molecule has 0 N–H and O–H groups in total. The summed E-state index contributed by atoms with van der Waals surface area (Å²) in [5.41, 5.74) is 0. The van der Waals surface area contributed by atoms with Gasteiger partial charge in [-0.15, -0.1) is 0 Å². The minimum absolute atomic E-state index is 0.594. The van der Waals surface area contributed by atoms with Crippen LogP contribution >= 0.6 is 10.4 Å². The number of halogens is 1. The number of hydrogen-bond donors (Lipinski definition) is 0. The minimum Gasteiger partial charge on any atom is -0.186 e. The third-order valence-electron chi connectivity index (χ3n) is 0.912. The quantitative estimate of drug-likeness (QED) is 0.527. The fourth-order valence-corrected chi connectivity index (χ4v) is 0.354. The molecule has 0 amide bonds. The molecule has 2 heteroatoms. The topological polar surface area (TPSA) is 0 Å². The van der Waals surface area contributed by atoms with E-state index in [9.17, 15) is 3.89 Å². The van der Waals surface area contributed by atoms with Gasteiger partial charge < -0.3 is 0 Å². The molecule has 0 radical (unpaired) electrons. The first kappa shape index (κ1) is 7.02. The molecule has 0 aliphatic rings. The van der Waals surface area contributed by atoms with Crippen LogP contribution in [0.3, 0.4) is 0 Å². The lowest BCUT2D eigenvalue weighted by Crippen LogP contribution is -1.85. The van der Waals surface area contributed by atoms with Crippen LogP contribution in [0, 0.1) is 0 Å². The Morgan fingerprint density at radius 2 is 2.29 bits per heavy atom. The lowest BCUT2D eigenvalue weighted by atomic mass is 11.0. The third kappa shape index (κ3) is 2.68. The normalized spacial score (nSPS) is 22.7. The van der Waals surface area contributed by atoms with Crippen molar-refractivity contribution in [1.29, 1.82) is 0 Å². The molecule has 0 aromatic heterocycles. The van der Waals surface area contributed by atoms with Crippen LogP contribution in [0.5, 0.6) is 0 Å². The average Bonchev–Trinajstić information content (AvgIpc) is 1.68. The highest BCUT2D eigenvalue weighted by molar-refractivity contribution is 8.31. The Morgan fingerprint density at radius 1 is 1.86 bits per heavy atom. The molecule has 0 aliphatic heterocycles. The van der Waals surface area contributed by atoms with E-state index in [0.29, 0.717) is 5.75 Å². The van der Waals surface area contributed by atoms with E-state index in [0.717, 1.165) is 0 Å². The molecule has 0 aromatic rings. The molecule has 0 saturated heterocycles. The SMILES string of the molecule is C=CS(C)(F)CC. The van der Waals surface area contributed by atoms with Crippen LogP contribution < -0.4 is 0 Å². The number of rotatable bonds is 2. The Bertz CT molecular complexity index is 68.5. The molecule has 0 spiro atoms. The zero-order valence-corrected chi connectivity index (χ0v) is 5.59. The molecule has 0 nitrogen and oxygen atoms in total. The van der Waals surface area contributed by atoms with Crippen molar-refractivity contribution in [2.45, 2.75) is 6.92 Å². The molecule has 0 heterocycles. The van der Waals surface area contributed by atoms with Gasteiger partial charge in [0, 0.05) is 5.75 Å². The predicted molar refractivity (Wildman–Crippen MR) is 35.4 cm³/mol. The molecule has 0 fully saturated rings. The fourth-order valence-electron chi connectivity index (χ4n) is 0.118. The molecular weight excluding hydrogens is 111 g/mol. The summed E-state index contributed by atoms with van der Waals surface area (Å²) in [6, 6.07) is 0. The van der Waals surface area contributed by atoms with Gasteiger partial charge in [0.2, 0.25) is 0 Å². The van der Waals surface area contributed by atoms with Crippen molar-refractivity contribution < 1.29 is 3.89 Å². The molecule has 1 atom stereocenters. The van der Waals surface area contributed by atoms with Gasteiger partial charge in [0.25, 0.3) is 0 Å². The van der Waals surface area contributed by atoms with E-state index in [2.05, 4.69) is 6.58 Å². The van der Waals surface area contributed by atoms with Crippen LogP contribution in [0.25, 0.3) is 0 Å². The zero-order chi connectivity index (χ0) is 5.91. The fraction of sp³-hybridized carbons (Fsp3) is 0.600. The Morgan fingerprint density at radius 3 is 2.29 bits per heavy atom. The maximum absolute atomic E-state index is 12.5. The monoisotopic (exact) mass is 122 g/mol. The van der Waals surface area contributed by atoms with Crippen molar-refractivity contribution in [3.05, 3.63) is 12.0 Å². The number of hydrogen-bond acceptors (Lipinski definition) is 0. The smallest absolute Gasteiger partial charge is 0.00408 e. The maximum Gasteiger partial charge on any atom is 0.00408 e. The summed E-state index contributed by atoms with van der Waals surface area (Å²) >= 11 is 0. The highest BCUT2D eigenvalue weighted by Crippen LogP contribution is 2.45. The summed E-state index contributed by atoms with van der Waals surface area (Å²) in [5.74, 6) is 0.594. The highest BCUT2D eigenvalue weighted by atomic mass is 32.3. The second-order valence-electron chi connectivity index (χ2n) is 1.50. The van der Waals surface area contributed by atoms with Gasteiger partial charge >= 0.3 is 0 Å². The van der Waals surface area contributed by atoms with Crippen LogP contribution in [0.1, 0.15) is 6.92 Å². The Kier molecular flexibility index (Phi) is 2.37. The van der Waals surface area contributed by atoms with Crippen molar-refractivity contribution in [2.24, 2.45) is 0 Å². The summed E-state index contributed by atoms with van der Waals surface area (Å²) in [6.45, 7) is 5.20. The summed E-state index contributed by atoms with van der Waals surface area (Å²) in [5, 5.41) is 1.41. The van der Waals surface area contributed by atoms with Gasteiger partial charge in [0.15, 0.2) is 0 Å². The minimum atomic E-state index is -1.89. The Balaban J connectivity index is 3.58. The molecule has 0 aliphatic carbocycles. The lowest BCUT2D eigenvalue weighted by molar-refractivity contribution is 0.905. The van der Waals surface area contributed by atoms with Crippen LogP contribution in [-0.2, 0) is 0 Å². The van der Waals surface area contributed by atoms with Crippen LogP contribution in [0.15, 0.2) is 12.0 Å². The van der Waals surface area contributed by atoms with Gasteiger partial charge in [-0.05, 0) is 11.7 Å². The zero-order valence-electron chi connectivity index (χ0n) is 4.78. The molecule has 1 unspecified atom stereocenters. The molecule has 44 valence electrons. The van der Waals surface area contributed by atoms with Gasteiger partial charge in [-0.25, -0.2) is 0 Å². The standard InChI is InChI=1S/C5H11FS/c1-4-7(3,6)5-2/h4H,1,5H2,2-3H3. The van der Waals surface area contributed by atoms with Gasteiger partial charge in [0.05, 0.1) is 0 Å². The molecule has 0 bridgehead atoms. The van der Waals surface area contributed by atoms with E-state index in [1.54, 1.807) is 6.26 Å². The molecular formula is C5H11FS. The predicted octanol–water partition coefficient (Wildman–Crippen LogP) is 2.47. The van der Waals surface area contributed by atoms with Gasteiger partial charge in [-0.3, -0.25) is 0 Å². The van der Waals surface area contributed by atoms with E-state index in [-0.39, 0.29) is 0 Å². The second kappa shape index (κ2) is 2.36. The largest absolute Gasteiger partial charge is 0.186 e. The Hall–Kier alpha value is 0.0200. The van der Waals surface area contributed by atoms with Crippen molar-refractivity contribution in [3.8, 4) is 0 Å². The van der Waals surface area contributed by atoms with E-state index in [4.69, 9.17) is 0 Å². The van der Waals surface area contributed by atoms with Crippen LogP contribution in [-0.4, -0.2) is 12.0 Å². The van der Waals surface area contributed by atoms with Gasteiger partial charge in [-0.2, -0.15) is 3.89 Å². The van der Waals surface area contributed by atoms with Crippen LogP contribution in [0.2, 0.25) is 0 Å². The summed E-state index contributed by atoms with van der Waals surface area (Å²) in [7, 11) is -1.89. The first-order chi connectivity index (χ1) is 3.12. The first-order valence-electron chi connectivity index (χ1n) is 2.20. The molecule has 0 rings (SSSR count). The molecule has 0 aromatic carbocycles. The maximum atomic E-state index is 12.5. The highest BCUT2D eigenvalue weighted by Gasteiger charge is 2.05. The van der Waals surface area contributed by atoms with E-state index < -0.39 is 10.4 Å². The average molecular weight is 122 g/mol. The van der Waals surface area contributed by atoms with Gasteiger partial charge in [-0.1, -0.05) is 23.9 Å². The van der Waals surface area contributed by atoms with E-state index in [1.165, 1.54) is 5.41 Å². The van der Waals surface area contributed by atoms with Crippen molar-refractivity contribution in [3.63, 3.8) is 0 Å². The van der Waals surface area contributed by atoms with E-state index >= 15 is 0 Å². The van der Waals surface area contributed by atoms with Crippen molar-refractivity contribution in [1.82, 2.24) is 0 Å².